The summed E-state index contributed by atoms with van der Waals surface area (Å²) in [7, 11) is 0. The van der Waals surface area contributed by atoms with E-state index in [1.165, 1.54) is 88.0 Å². The van der Waals surface area contributed by atoms with Crippen LogP contribution in [0.2, 0.25) is 0 Å². The van der Waals surface area contributed by atoms with Gasteiger partial charge in [0.05, 0.1) is 5.41 Å². The lowest BCUT2D eigenvalue weighted by Crippen LogP contribution is -2.28. The molecule has 0 radical (unpaired) electrons. The molecule has 1 aliphatic carbocycles. The van der Waals surface area contributed by atoms with Gasteiger partial charge in [0.25, 0.3) is 0 Å². The van der Waals surface area contributed by atoms with Crippen molar-refractivity contribution in [1.82, 2.24) is 0 Å². The van der Waals surface area contributed by atoms with Crippen molar-refractivity contribution in [1.29, 1.82) is 0 Å². The Morgan fingerprint density at radius 2 is 0.806 bits per heavy atom. The minimum Gasteiger partial charge on any atom is -0.310 e. The van der Waals surface area contributed by atoms with Gasteiger partial charge in [0.1, 0.15) is 0 Å². The molecule has 0 fully saturated rings. The van der Waals surface area contributed by atoms with E-state index in [2.05, 4.69) is 254 Å². The quantitative estimate of drug-likeness (QED) is 0.145. The average Bonchev–Trinajstić information content (AvgIpc) is 3.65. The second-order valence-corrected chi connectivity index (χ2v) is 16.4. The molecule has 0 saturated heterocycles. The van der Waals surface area contributed by atoms with Crippen LogP contribution in [0, 0.1) is 0 Å². The van der Waals surface area contributed by atoms with Gasteiger partial charge in [0.2, 0.25) is 0 Å². The lowest BCUT2D eigenvalue weighted by atomic mass is 9.67. The van der Waals surface area contributed by atoms with E-state index < -0.39 is 5.41 Å². The summed E-state index contributed by atoms with van der Waals surface area (Å²) < 4.78 is 0. The molecule has 0 spiro atoms. The summed E-state index contributed by atoms with van der Waals surface area (Å²) in [6.45, 7) is 0. The Balaban J connectivity index is 1.05. The smallest absolute Gasteiger partial charge is 0.0714 e. The second-order valence-electron chi connectivity index (χ2n) is 16.4. The molecule has 62 heavy (non-hydrogen) atoms. The zero-order chi connectivity index (χ0) is 41.0. The molecule has 11 aromatic carbocycles. The van der Waals surface area contributed by atoms with E-state index in [0.29, 0.717) is 0 Å². The molecular weight excluding hydrogens is 747 g/mol. The fraction of sp³-hybridized carbons (Fsp3) is 0.0164. The molecule has 0 bridgehead atoms. The maximum absolute atomic E-state index is 2.46. The van der Waals surface area contributed by atoms with Gasteiger partial charge in [-0.3, -0.25) is 0 Å². The van der Waals surface area contributed by atoms with E-state index in [4.69, 9.17) is 0 Å². The number of fused-ring (bicyclic) bond motifs is 7. The predicted octanol–water partition coefficient (Wildman–Crippen LogP) is 16.3. The van der Waals surface area contributed by atoms with Crippen LogP contribution in [0.15, 0.2) is 249 Å². The first-order chi connectivity index (χ1) is 30.7. The van der Waals surface area contributed by atoms with Crippen molar-refractivity contribution in [3.8, 4) is 33.4 Å². The maximum atomic E-state index is 2.46. The third kappa shape index (κ3) is 5.70. The Hall–Kier alpha value is -8.00. The summed E-state index contributed by atoms with van der Waals surface area (Å²) in [5.41, 5.74) is 15.3. The zero-order valence-corrected chi connectivity index (χ0v) is 34.1. The molecule has 0 aliphatic heterocycles. The van der Waals surface area contributed by atoms with Crippen LogP contribution in [0.4, 0.5) is 17.1 Å². The van der Waals surface area contributed by atoms with Crippen molar-refractivity contribution < 1.29 is 0 Å². The molecule has 290 valence electrons. The molecule has 0 saturated carbocycles. The van der Waals surface area contributed by atoms with Crippen LogP contribution in [0.3, 0.4) is 0 Å². The van der Waals surface area contributed by atoms with Crippen LogP contribution in [0.1, 0.15) is 22.3 Å². The van der Waals surface area contributed by atoms with Crippen molar-refractivity contribution in [2.24, 2.45) is 0 Å². The number of nitrogens with zero attached hydrogens (tertiary/aromatic N) is 1. The van der Waals surface area contributed by atoms with E-state index >= 15 is 0 Å². The van der Waals surface area contributed by atoms with Crippen LogP contribution in [-0.2, 0) is 5.41 Å². The van der Waals surface area contributed by atoms with Crippen LogP contribution >= 0.6 is 0 Å². The Morgan fingerprint density at radius 1 is 0.258 bits per heavy atom. The molecule has 0 atom stereocenters. The fourth-order valence-electron chi connectivity index (χ4n) is 10.3. The van der Waals surface area contributed by atoms with E-state index in [-0.39, 0.29) is 0 Å². The van der Waals surface area contributed by atoms with E-state index in [0.717, 1.165) is 17.1 Å². The maximum Gasteiger partial charge on any atom is 0.0714 e. The summed E-state index contributed by atoms with van der Waals surface area (Å²) in [5.74, 6) is 0. The Kier molecular flexibility index (Phi) is 8.47. The van der Waals surface area contributed by atoms with Gasteiger partial charge in [0, 0.05) is 17.1 Å². The summed E-state index contributed by atoms with van der Waals surface area (Å²) in [5, 5.41) is 7.49. The molecule has 1 heteroatoms. The zero-order valence-electron chi connectivity index (χ0n) is 34.1. The SMILES string of the molecule is c1ccc(-c2ccc3cc(N(c4ccc(-c5cccc6c5ccc5ccccc56)cc4)c4ccc5c(c4)C(c4ccccc4)(c4ccccc4)c4ccccc4-5)ccc3c2)cc1. The third-order valence-electron chi connectivity index (χ3n) is 13.1. The Morgan fingerprint density at radius 3 is 1.60 bits per heavy atom. The molecule has 12 rings (SSSR count). The van der Waals surface area contributed by atoms with Crippen molar-refractivity contribution >= 4 is 49.4 Å². The molecule has 1 nitrogen and oxygen atoms in total. The largest absolute Gasteiger partial charge is 0.310 e. The monoisotopic (exact) mass is 787 g/mol. The minimum atomic E-state index is -0.504. The first kappa shape index (κ1) is 35.9. The highest BCUT2D eigenvalue weighted by atomic mass is 15.1. The number of benzene rings is 11. The van der Waals surface area contributed by atoms with Crippen LogP contribution in [0.25, 0.3) is 65.7 Å². The molecule has 1 aliphatic rings. The van der Waals surface area contributed by atoms with Crippen LogP contribution in [0.5, 0.6) is 0 Å². The van der Waals surface area contributed by atoms with Crippen molar-refractivity contribution in [3.05, 3.63) is 271 Å². The first-order valence-electron chi connectivity index (χ1n) is 21.5. The van der Waals surface area contributed by atoms with Crippen LogP contribution < -0.4 is 4.90 Å². The lowest BCUT2D eigenvalue weighted by Gasteiger charge is -2.35. The van der Waals surface area contributed by atoms with Crippen molar-refractivity contribution in [2.75, 3.05) is 4.90 Å². The first-order valence-corrected chi connectivity index (χ1v) is 21.5. The van der Waals surface area contributed by atoms with E-state index in [9.17, 15) is 0 Å². The van der Waals surface area contributed by atoms with Crippen LogP contribution in [-0.4, -0.2) is 0 Å². The van der Waals surface area contributed by atoms with Gasteiger partial charge in [-0.1, -0.05) is 206 Å². The standard InChI is InChI=1S/C61H41N/c1-4-15-42(16-5-1)45-27-28-47-40-51(35-31-46(47)39-45)62(50-33-29-44(30-34-50)54-24-14-25-55-53-22-11-10-17-43(53)32-37-56(54)55)52-36-38-58-57-23-12-13-26-59(57)61(60(58)41-52,48-18-6-2-7-19-48)49-20-8-3-9-21-49/h1-41H. The topological polar surface area (TPSA) is 3.24 Å². The Bertz CT molecular complexity index is 3400. The number of rotatable bonds is 7. The summed E-state index contributed by atoms with van der Waals surface area (Å²) in [6, 6.07) is 91.7. The van der Waals surface area contributed by atoms with Gasteiger partial charge in [-0.2, -0.15) is 0 Å². The second kappa shape index (κ2) is 14.6. The molecule has 0 heterocycles. The molecule has 0 N–H and O–H groups in total. The van der Waals surface area contributed by atoms with Crippen molar-refractivity contribution in [3.63, 3.8) is 0 Å². The third-order valence-corrected chi connectivity index (χ3v) is 13.1. The molecule has 0 amide bonds. The average molecular weight is 788 g/mol. The van der Waals surface area contributed by atoms with E-state index in [1.54, 1.807) is 0 Å². The normalized spacial score (nSPS) is 12.6. The van der Waals surface area contributed by atoms with Gasteiger partial charge < -0.3 is 4.90 Å². The molecule has 11 aromatic rings. The molecular formula is C61H41N. The minimum absolute atomic E-state index is 0.504. The van der Waals surface area contributed by atoms with E-state index in [1.807, 2.05) is 0 Å². The van der Waals surface area contributed by atoms with Gasteiger partial charge in [-0.15, -0.1) is 0 Å². The summed E-state index contributed by atoms with van der Waals surface area (Å²) in [6.07, 6.45) is 0. The summed E-state index contributed by atoms with van der Waals surface area (Å²) >= 11 is 0. The highest BCUT2D eigenvalue weighted by Crippen LogP contribution is 2.57. The summed E-state index contributed by atoms with van der Waals surface area (Å²) in [4.78, 5) is 2.44. The fourth-order valence-corrected chi connectivity index (χ4v) is 10.3. The van der Waals surface area contributed by atoms with Gasteiger partial charge >= 0.3 is 0 Å². The van der Waals surface area contributed by atoms with Gasteiger partial charge in [-0.05, 0) is 130 Å². The highest BCUT2D eigenvalue weighted by Gasteiger charge is 2.46. The molecule has 0 unspecified atom stereocenters. The predicted molar refractivity (Wildman–Crippen MR) is 262 cm³/mol. The van der Waals surface area contributed by atoms with Crippen molar-refractivity contribution in [2.45, 2.75) is 5.41 Å². The lowest BCUT2D eigenvalue weighted by molar-refractivity contribution is 0.768. The highest BCUT2D eigenvalue weighted by molar-refractivity contribution is 6.12. The van der Waals surface area contributed by atoms with Gasteiger partial charge in [0.15, 0.2) is 0 Å². The number of hydrogen-bond acceptors (Lipinski definition) is 1. The Labute approximate surface area is 362 Å². The molecule has 0 aromatic heterocycles. The number of hydrogen-bond donors (Lipinski definition) is 0. The van der Waals surface area contributed by atoms with Gasteiger partial charge in [-0.25, -0.2) is 0 Å². The number of anilines is 3.